The van der Waals surface area contributed by atoms with Crippen molar-refractivity contribution in [3.8, 4) is 11.1 Å². The molecule has 0 heterocycles. The molecule has 136 valence electrons. The standard InChI is InChI=1S/C22H18BrNO3/c23-19-8-4-7-18(14-19)21(25)24-20(22(26)27)13-15-9-11-17(12-10-15)16-5-2-1-3-6-16/h1-12,14,20H,13H2,(H,24,25)(H,26,27). The molecule has 3 aromatic rings. The molecular formula is C22H18BrNO3. The Bertz CT molecular complexity index is 939. The molecule has 2 N–H and O–H groups in total. The van der Waals surface area contributed by atoms with Crippen LogP contribution in [0.25, 0.3) is 11.1 Å². The van der Waals surface area contributed by atoms with Gasteiger partial charge in [-0.25, -0.2) is 4.79 Å². The van der Waals surface area contributed by atoms with Crippen LogP contribution >= 0.6 is 15.9 Å². The number of halogens is 1. The van der Waals surface area contributed by atoms with Gasteiger partial charge in [-0.15, -0.1) is 0 Å². The molecule has 0 aliphatic heterocycles. The molecule has 5 heteroatoms. The van der Waals surface area contributed by atoms with Gasteiger partial charge in [-0.2, -0.15) is 0 Å². The number of aliphatic carboxylic acids is 1. The van der Waals surface area contributed by atoms with Crippen LogP contribution in [0, 0.1) is 0 Å². The minimum Gasteiger partial charge on any atom is -0.480 e. The number of rotatable bonds is 6. The highest BCUT2D eigenvalue weighted by atomic mass is 79.9. The van der Waals surface area contributed by atoms with Crippen LogP contribution in [0.5, 0.6) is 0 Å². The van der Waals surface area contributed by atoms with Crippen LogP contribution < -0.4 is 5.32 Å². The zero-order valence-corrected chi connectivity index (χ0v) is 16.0. The Morgan fingerprint density at radius 1 is 0.889 bits per heavy atom. The largest absolute Gasteiger partial charge is 0.480 e. The van der Waals surface area contributed by atoms with Gasteiger partial charge >= 0.3 is 5.97 Å². The predicted molar refractivity (Wildman–Crippen MR) is 109 cm³/mol. The molecule has 0 fully saturated rings. The number of hydrogen-bond donors (Lipinski definition) is 2. The van der Waals surface area contributed by atoms with Gasteiger partial charge < -0.3 is 10.4 Å². The Balaban J connectivity index is 1.71. The molecule has 0 radical (unpaired) electrons. The lowest BCUT2D eigenvalue weighted by molar-refractivity contribution is -0.139. The molecule has 1 amide bonds. The fourth-order valence-corrected chi connectivity index (χ4v) is 3.17. The lowest BCUT2D eigenvalue weighted by Crippen LogP contribution is -2.42. The summed E-state index contributed by atoms with van der Waals surface area (Å²) >= 11 is 3.31. The topological polar surface area (TPSA) is 66.4 Å². The zero-order chi connectivity index (χ0) is 19.2. The van der Waals surface area contributed by atoms with Gasteiger partial charge in [0, 0.05) is 16.5 Å². The molecule has 1 atom stereocenters. The molecule has 0 saturated carbocycles. The zero-order valence-electron chi connectivity index (χ0n) is 14.4. The minimum absolute atomic E-state index is 0.212. The second-order valence-corrected chi connectivity index (χ2v) is 7.06. The second-order valence-electron chi connectivity index (χ2n) is 6.14. The van der Waals surface area contributed by atoms with Crippen molar-refractivity contribution in [1.82, 2.24) is 5.32 Å². The molecular weight excluding hydrogens is 406 g/mol. The average molecular weight is 424 g/mol. The van der Waals surface area contributed by atoms with Crippen LogP contribution in [0.2, 0.25) is 0 Å². The molecule has 27 heavy (non-hydrogen) atoms. The van der Waals surface area contributed by atoms with Crippen LogP contribution in [0.3, 0.4) is 0 Å². The van der Waals surface area contributed by atoms with Gasteiger partial charge in [-0.3, -0.25) is 4.79 Å². The maximum Gasteiger partial charge on any atom is 0.326 e. The summed E-state index contributed by atoms with van der Waals surface area (Å²) in [7, 11) is 0. The van der Waals surface area contributed by atoms with Gasteiger partial charge in [0.2, 0.25) is 0 Å². The molecule has 0 spiro atoms. The number of hydrogen-bond acceptors (Lipinski definition) is 2. The van der Waals surface area contributed by atoms with E-state index in [1.807, 2.05) is 54.6 Å². The Morgan fingerprint density at radius 3 is 2.19 bits per heavy atom. The van der Waals surface area contributed by atoms with E-state index in [0.717, 1.165) is 21.2 Å². The van der Waals surface area contributed by atoms with Crippen molar-refractivity contribution >= 4 is 27.8 Å². The SMILES string of the molecule is O=C(NC(Cc1ccc(-c2ccccc2)cc1)C(=O)O)c1cccc(Br)c1. The highest BCUT2D eigenvalue weighted by molar-refractivity contribution is 9.10. The summed E-state index contributed by atoms with van der Waals surface area (Å²) < 4.78 is 0.763. The Morgan fingerprint density at radius 2 is 1.56 bits per heavy atom. The first-order valence-corrected chi connectivity index (χ1v) is 9.26. The van der Waals surface area contributed by atoms with Crippen molar-refractivity contribution < 1.29 is 14.7 Å². The van der Waals surface area contributed by atoms with Crippen molar-refractivity contribution in [1.29, 1.82) is 0 Å². The van der Waals surface area contributed by atoms with Crippen molar-refractivity contribution in [2.75, 3.05) is 0 Å². The van der Waals surface area contributed by atoms with E-state index in [9.17, 15) is 14.7 Å². The van der Waals surface area contributed by atoms with Crippen LogP contribution in [-0.2, 0) is 11.2 Å². The Kier molecular flexibility index (Phi) is 6.04. The Hall–Kier alpha value is -2.92. The van der Waals surface area contributed by atoms with E-state index in [2.05, 4.69) is 21.2 Å². The van der Waals surface area contributed by atoms with Crippen molar-refractivity contribution in [2.24, 2.45) is 0 Å². The smallest absolute Gasteiger partial charge is 0.326 e. The van der Waals surface area contributed by atoms with E-state index in [4.69, 9.17) is 0 Å². The van der Waals surface area contributed by atoms with Crippen molar-refractivity contribution in [3.63, 3.8) is 0 Å². The quantitative estimate of drug-likeness (QED) is 0.611. The van der Waals surface area contributed by atoms with E-state index in [1.165, 1.54) is 0 Å². The summed E-state index contributed by atoms with van der Waals surface area (Å²) in [6.07, 6.45) is 0.212. The van der Waals surface area contributed by atoms with Crippen molar-refractivity contribution in [3.05, 3.63) is 94.5 Å². The first kappa shape index (κ1) is 18.9. The fourth-order valence-electron chi connectivity index (χ4n) is 2.77. The van der Waals surface area contributed by atoms with Crippen LogP contribution in [0.1, 0.15) is 15.9 Å². The van der Waals surface area contributed by atoms with E-state index in [1.54, 1.807) is 24.3 Å². The molecule has 4 nitrogen and oxygen atoms in total. The molecule has 0 aliphatic carbocycles. The highest BCUT2D eigenvalue weighted by Gasteiger charge is 2.21. The van der Waals surface area contributed by atoms with E-state index < -0.39 is 17.9 Å². The lowest BCUT2D eigenvalue weighted by atomic mass is 10.0. The normalized spacial score (nSPS) is 11.6. The van der Waals surface area contributed by atoms with Crippen molar-refractivity contribution in [2.45, 2.75) is 12.5 Å². The molecule has 3 rings (SSSR count). The van der Waals surface area contributed by atoms with E-state index >= 15 is 0 Å². The third-order valence-corrected chi connectivity index (χ3v) is 4.68. The second kappa shape index (κ2) is 8.64. The predicted octanol–water partition coefficient (Wildman–Crippen LogP) is 4.54. The van der Waals surface area contributed by atoms with Gasteiger partial charge in [0.25, 0.3) is 5.91 Å². The third kappa shape index (κ3) is 5.05. The van der Waals surface area contributed by atoms with E-state index in [-0.39, 0.29) is 6.42 Å². The number of carbonyl (C=O) groups is 2. The first-order valence-electron chi connectivity index (χ1n) is 8.46. The number of benzene rings is 3. The first-order chi connectivity index (χ1) is 13.0. The number of nitrogens with one attached hydrogen (secondary N) is 1. The maximum atomic E-state index is 12.3. The molecule has 0 aliphatic rings. The number of carboxylic acid groups (broad SMARTS) is 1. The van der Waals surface area contributed by atoms with Gasteiger partial charge in [-0.1, -0.05) is 76.6 Å². The molecule has 1 unspecified atom stereocenters. The summed E-state index contributed by atoms with van der Waals surface area (Å²) in [5.74, 6) is -1.48. The summed E-state index contributed by atoms with van der Waals surface area (Å²) in [5, 5.41) is 12.1. The number of carbonyl (C=O) groups excluding carboxylic acids is 1. The summed E-state index contributed by atoms with van der Waals surface area (Å²) in [4.78, 5) is 23.9. The lowest BCUT2D eigenvalue weighted by Gasteiger charge is -2.15. The van der Waals surface area contributed by atoms with Gasteiger partial charge in [-0.05, 0) is 34.9 Å². The summed E-state index contributed by atoms with van der Waals surface area (Å²) in [5.41, 5.74) is 3.41. The molecule has 3 aromatic carbocycles. The summed E-state index contributed by atoms with van der Waals surface area (Å²) in [6.45, 7) is 0. The maximum absolute atomic E-state index is 12.3. The van der Waals surface area contributed by atoms with Crippen LogP contribution in [-0.4, -0.2) is 23.0 Å². The highest BCUT2D eigenvalue weighted by Crippen LogP contribution is 2.20. The van der Waals surface area contributed by atoms with Gasteiger partial charge in [0.1, 0.15) is 6.04 Å². The molecule has 0 aromatic heterocycles. The molecule has 0 saturated heterocycles. The third-order valence-electron chi connectivity index (χ3n) is 4.19. The monoisotopic (exact) mass is 423 g/mol. The number of carboxylic acids is 1. The molecule has 0 bridgehead atoms. The van der Waals surface area contributed by atoms with Crippen LogP contribution in [0.4, 0.5) is 0 Å². The fraction of sp³-hybridized carbons (Fsp3) is 0.0909. The number of amides is 1. The van der Waals surface area contributed by atoms with Crippen LogP contribution in [0.15, 0.2) is 83.3 Å². The van der Waals surface area contributed by atoms with Gasteiger partial charge in [0.15, 0.2) is 0 Å². The average Bonchev–Trinajstić information content (AvgIpc) is 2.68. The summed E-state index contributed by atoms with van der Waals surface area (Å²) in [6, 6.07) is 23.5. The van der Waals surface area contributed by atoms with Gasteiger partial charge in [0.05, 0.1) is 0 Å². The Labute approximate surface area is 166 Å². The minimum atomic E-state index is -1.06. The van der Waals surface area contributed by atoms with E-state index in [0.29, 0.717) is 5.56 Å².